The molecule has 0 aromatic carbocycles. The van der Waals surface area contributed by atoms with Crippen LogP contribution in [0.3, 0.4) is 0 Å². The molecular formula is C15H30N2. The van der Waals surface area contributed by atoms with Crippen LogP contribution in [0.25, 0.3) is 0 Å². The Hall–Kier alpha value is -0.340. The SMILES string of the molecule is C=CCCC(C)NCC(C(C)C)N1CCCC1. The molecule has 2 heteroatoms. The molecule has 100 valence electrons. The molecule has 0 aromatic rings. The Morgan fingerprint density at radius 3 is 2.41 bits per heavy atom. The van der Waals surface area contributed by atoms with Crippen LogP contribution in [0.2, 0.25) is 0 Å². The molecule has 1 rings (SSSR count). The molecule has 2 nitrogen and oxygen atoms in total. The summed E-state index contributed by atoms with van der Waals surface area (Å²) in [6, 6.07) is 1.32. The summed E-state index contributed by atoms with van der Waals surface area (Å²) in [5, 5.41) is 3.69. The van der Waals surface area contributed by atoms with Crippen LogP contribution in [0.15, 0.2) is 12.7 Å². The lowest BCUT2D eigenvalue weighted by atomic mass is 10.0. The molecule has 0 saturated carbocycles. The average molecular weight is 238 g/mol. The summed E-state index contributed by atoms with van der Waals surface area (Å²) in [6.07, 6.45) is 7.10. The fourth-order valence-corrected chi connectivity index (χ4v) is 2.65. The van der Waals surface area contributed by atoms with Gasteiger partial charge in [0.15, 0.2) is 0 Å². The van der Waals surface area contributed by atoms with E-state index in [0.717, 1.165) is 18.9 Å². The molecule has 1 N–H and O–H groups in total. The van der Waals surface area contributed by atoms with E-state index in [2.05, 4.69) is 37.6 Å². The lowest BCUT2D eigenvalue weighted by molar-refractivity contribution is 0.182. The third-order valence-corrected chi connectivity index (χ3v) is 3.86. The summed E-state index contributed by atoms with van der Waals surface area (Å²) >= 11 is 0. The zero-order valence-corrected chi connectivity index (χ0v) is 11.9. The maximum Gasteiger partial charge on any atom is 0.0243 e. The first kappa shape index (κ1) is 14.7. The number of likely N-dealkylation sites (tertiary alicyclic amines) is 1. The van der Waals surface area contributed by atoms with Crippen molar-refractivity contribution in [2.75, 3.05) is 19.6 Å². The van der Waals surface area contributed by atoms with Gasteiger partial charge in [-0.25, -0.2) is 0 Å². The number of hydrogen-bond acceptors (Lipinski definition) is 2. The van der Waals surface area contributed by atoms with Gasteiger partial charge in [-0.15, -0.1) is 6.58 Å². The average Bonchev–Trinajstić information content (AvgIpc) is 2.79. The van der Waals surface area contributed by atoms with E-state index in [4.69, 9.17) is 0 Å². The molecule has 0 radical (unpaired) electrons. The number of rotatable bonds is 8. The van der Waals surface area contributed by atoms with Crippen molar-refractivity contribution in [3.05, 3.63) is 12.7 Å². The molecule has 0 spiro atoms. The molecular weight excluding hydrogens is 208 g/mol. The first-order chi connectivity index (χ1) is 8.15. The van der Waals surface area contributed by atoms with Crippen molar-refractivity contribution >= 4 is 0 Å². The molecule has 1 saturated heterocycles. The Bertz CT molecular complexity index is 207. The van der Waals surface area contributed by atoms with Gasteiger partial charge in [0.05, 0.1) is 0 Å². The fourth-order valence-electron chi connectivity index (χ4n) is 2.65. The molecule has 17 heavy (non-hydrogen) atoms. The zero-order chi connectivity index (χ0) is 12.7. The molecule has 0 aromatic heterocycles. The van der Waals surface area contributed by atoms with Gasteiger partial charge in [0, 0.05) is 18.6 Å². The predicted molar refractivity (Wildman–Crippen MR) is 76.3 cm³/mol. The molecule has 1 aliphatic heterocycles. The number of hydrogen-bond donors (Lipinski definition) is 1. The second kappa shape index (κ2) is 7.88. The van der Waals surface area contributed by atoms with Crippen LogP contribution in [-0.4, -0.2) is 36.6 Å². The maximum atomic E-state index is 3.78. The van der Waals surface area contributed by atoms with Crippen molar-refractivity contribution in [2.45, 2.75) is 58.5 Å². The third kappa shape index (κ3) is 5.22. The molecule has 2 atom stereocenters. The van der Waals surface area contributed by atoms with Gasteiger partial charge in [0.1, 0.15) is 0 Å². The largest absolute Gasteiger partial charge is 0.313 e. The lowest BCUT2D eigenvalue weighted by Crippen LogP contribution is -2.46. The van der Waals surface area contributed by atoms with Crippen LogP contribution in [-0.2, 0) is 0 Å². The lowest BCUT2D eigenvalue weighted by Gasteiger charge is -2.32. The van der Waals surface area contributed by atoms with E-state index in [1.54, 1.807) is 0 Å². The van der Waals surface area contributed by atoms with Crippen LogP contribution < -0.4 is 5.32 Å². The van der Waals surface area contributed by atoms with Crippen molar-refractivity contribution < 1.29 is 0 Å². The van der Waals surface area contributed by atoms with E-state index in [0.29, 0.717) is 12.1 Å². The van der Waals surface area contributed by atoms with E-state index in [1.165, 1.54) is 32.4 Å². The standard InChI is InChI=1S/C15H30N2/c1-5-6-9-14(4)16-12-15(13(2)3)17-10-7-8-11-17/h5,13-16H,1,6-12H2,2-4H3. The van der Waals surface area contributed by atoms with E-state index >= 15 is 0 Å². The quantitative estimate of drug-likeness (QED) is 0.654. The third-order valence-electron chi connectivity index (χ3n) is 3.86. The topological polar surface area (TPSA) is 15.3 Å². The van der Waals surface area contributed by atoms with E-state index in [1.807, 2.05) is 6.08 Å². The smallest absolute Gasteiger partial charge is 0.0243 e. The van der Waals surface area contributed by atoms with E-state index in [9.17, 15) is 0 Å². The predicted octanol–water partition coefficient (Wildman–Crippen LogP) is 3.05. The molecule has 1 aliphatic rings. The highest BCUT2D eigenvalue weighted by atomic mass is 15.2. The minimum atomic E-state index is 0.608. The second-order valence-electron chi connectivity index (χ2n) is 5.73. The van der Waals surface area contributed by atoms with Gasteiger partial charge in [-0.1, -0.05) is 19.9 Å². The summed E-state index contributed by atoms with van der Waals surface area (Å²) in [7, 11) is 0. The summed E-state index contributed by atoms with van der Waals surface area (Å²) in [6.45, 7) is 14.5. The van der Waals surface area contributed by atoms with E-state index in [-0.39, 0.29) is 0 Å². The Morgan fingerprint density at radius 1 is 1.24 bits per heavy atom. The summed E-state index contributed by atoms with van der Waals surface area (Å²) in [5.74, 6) is 0.743. The van der Waals surface area contributed by atoms with Crippen molar-refractivity contribution in [3.8, 4) is 0 Å². The summed E-state index contributed by atoms with van der Waals surface area (Å²) in [4.78, 5) is 2.66. The van der Waals surface area contributed by atoms with Gasteiger partial charge >= 0.3 is 0 Å². The fraction of sp³-hybridized carbons (Fsp3) is 0.867. The molecule has 1 heterocycles. The van der Waals surface area contributed by atoms with Crippen molar-refractivity contribution in [1.29, 1.82) is 0 Å². The van der Waals surface area contributed by atoms with Gasteiger partial charge in [-0.05, 0) is 51.6 Å². The van der Waals surface area contributed by atoms with Gasteiger partial charge in [0.2, 0.25) is 0 Å². The van der Waals surface area contributed by atoms with Crippen molar-refractivity contribution in [1.82, 2.24) is 10.2 Å². The first-order valence-corrected chi connectivity index (χ1v) is 7.23. The highest BCUT2D eigenvalue weighted by Crippen LogP contribution is 2.17. The van der Waals surface area contributed by atoms with Crippen LogP contribution >= 0.6 is 0 Å². The van der Waals surface area contributed by atoms with Crippen LogP contribution in [0.4, 0.5) is 0 Å². The second-order valence-corrected chi connectivity index (χ2v) is 5.73. The maximum absolute atomic E-state index is 3.78. The van der Waals surface area contributed by atoms with Crippen LogP contribution in [0.5, 0.6) is 0 Å². The summed E-state index contributed by atoms with van der Waals surface area (Å²) in [5.41, 5.74) is 0. The van der Waals surface area contributed by atoms with Gasteiger partial charge in [0.25, 0.3) is 0 Å². The van der Waals surface area contributed by atoms with Crippen LogP contribution in [0.1, 0.15) is 46.5 Å². The Kier molecular flexibility index (Phi) is 6.83. The summed E-state index contributed by atoms with van der Waals surface area (Å²) < 4.78 is 0. The minimum absolute atomic E-state index is 0.608. The van der Waals surface area contributed by atoms with Crippen molar-refractivity contribution in [3.63, 3.8) is 0 Å². The Labute approximate surface area is 107 Å². The highest BCUT2D eigenvalue weighted by Gasteiger charge is 2.24. The Morgan fingerprint density at radius 2 is 1.88 bits per heavy atom. The molecule has 0 amide bonds. The van der Waals surface area contributed by atoms with Gasteiger partial charge < -0.3 is 5.32 Å². The monoisotopic (exact) mass is 238 g/mol. The number of allylic oxidation sites excluding steroid dienone is 1. The van der Waals surface area contributed by atoms with Crippen LogP contribution in [0, 0.1) is 5.92 Å². The molecule has 0 bridgehead atoms. The first-order valence-electron chi connectivity index (χ1n) is 7.23. The van der Waals surface area contributed by atoms with Gasteiger partial charge in [-0.3, -0.25) is 4.90 Å². The van der Waals surface area contributed by atoms with E-state index < -0.39 is 0 Å². The highest BCUT2D eigenvalue weighted by molar-refractivity contribution is 4.82. The molecule has 1 fully saturated rings. The number of nitrogens with zero attached hydrogens (tertiary/aromatic N) is 1. The van der Waals surface area contributed by atoms with Crippen molar-refractivity contribution in [2.24, 2.45) is 5.92 Å². The normalized spacial score (nSPS) is 20.7. The van der Waals surface area contributed by atoms with Gasteiger partial charge in [-0.2, -0.15) is 0 Å². The zero-order valence-electron chi connectivity index (χ0n) is 11.9. The minimum Gasteiger partial charge on any atom is -0.313 e. The Balaban J connectivity index is 2.31. The molecule has 2 unspecified atom stereocenters. The number of nitrogens with one attached hydrogen (secondary N) is 1. The molecule has 0 aliphatic carbocycles.